The summed E-state index contributed by atoms with van der Waals surface area (Å²) in [6.07, 6.45) is -7.79. The van der Waals surface area contributed by atoms with Gasteiger partial charge in [0.25, 0.3) is 0 Å². The Morgan fingerprint density at radius 1 is 0.953 bits per heavy atom. The van der Waals surface area contributed by atoms with Crippen LogP contribution in [0.2, 0.25) is 0 Å². The third-order valence-electron chi connectivity index (χ3n) is 7.62. The standard InChI is InChI=1S/C31H27F6N3O3/c1-18-5-14-26(43-17-19-6-8-20(9-7-19)21-10-12-22(13-11-21)30(32,33)34)23(15-18)24-3-2-4-28(38-24)40-27(31(35,36)37)16-25(39-40)29(41)42/h2-9,14-16,21-22H,10-13,17H2,1H3,(H,41,42). The van der Waals surface area contributed by atoms with Gasteiger partial charge in [0.15, 0.2) is 17.2 Å². The number of hydrogen-bond donors (Lipinski definition) is 1. The van der Waals surface area contributed by atoms with Gasteiger partial charge in [-0.2, -0.15) is 31.4 Å². The predicted molar refractivity (Wildman–Crippen MR) is 145 cm³/mol. The summed E-state index contributed by atoms with van der Waals surface area (Å²) in [5.74, 6) is -2.55. The fourth-order valence-corrected chi connectivity index (χ4v) is 5.32. The first kappa shape index (κ1) is 30.1. The highest BCUT2D eigenvalue weighted by Gasteiger charge is 2.41. The monoisotopic (exact) mass is 603 g/mol. The quantitative estimate of drug-likeness (QED) is 0.215. The maximum absolute atomic E-state index is 13.7. The van der Waals surface area contributed by atoms with E-state index in [1.54, 1.807) is 18.2 Å². The zero-order valence-electron chi connectivity index (χ0n) is 22.9. The number of benzene rings is 2. The number of aromatic nitrogens is 3. The molecular weight excluding hydrogens is 576 g/mol. The zero-order valence-corrected chi connectivity index (χ0v) is 22.9. The van der Waals surface area contributed by atoms with Gasteiger partial charge in [-0.1, -0.05) is 42.0 Å². The Morgan fingerprint density at radius 2 is 1.65 bits per heavy atom. The summed E-state index contributed by atoms with van der Waals surface area (Å²) < 4.78 is 86.5. The van der Waals surface area contributed by atoms with Crippen molar-refractivity contribution in [3.05, 3.63) is 94.8 Å². The van der Waals surface area contributed by atoms with E-state index in [0.29, 0.717) is 40.6 Å². The fraction of sp³-hybridized carbons (Fsp3) is 0.323. The van der Waals surface area contributed by atoms with Crippen molar-refractivity contribution in [3.8, 4) is 22.8 Å². The van der Waals surface area contributed by atoms with E-state index >= 15 is 0 Å². The second kappa shape index (κ2) is 11.7. The van der Waals surface area contributed by atoms with Crippen LogP contribution in [-0.2, 0) is 12.8 Å². The third-order valence-corrected chi connectivity index (χ3v) is 7.62. The molecule has 0 saturated heterocycles. The molecule has 226 valence electrons. The molecule has 2 aromatic heterocycles. The minimum absolute atomic E-state index is 0.0786. The van der Waals surface area contributed by atoms with Gasteiger partial charge in [-0.25, -0.2) is 14.5 Å². The molecule has 1 N–H and O–H groups in total. The molecule has 0 spiro atoms. The van der Waals surface area contributed by atoms with Crippen LogP contribution in [0, 0.1) is 12.8 Å². The van der Waals surface area contributed by atoms with E-state index in [-0.39, 0.29) is 31.2 Å². The summed E-state index contributed by atoms with van der Waals surface area (Å²) in [5.41, 5.74) is 1.44. The predicted octanol–water partition coefficient (Wildman–Crippen LogP) is 8.37. The Kier molecular flexibility index (Phi) is 8.22. The van der Waals surface area contributed by atoms with Gasteiger partial charge in [0.1, 0.15) is 12.4 Å². The number of halogens is 6. The highest BCUT2D eigenvalue weighted by Crippen LogP contribution is 2.43. The maximum atomic E-state index is 13.7. The lowest BCUT2D eigenvalue weighted by Crippen LogP contribution is -2.27. The summed E-state index contributed by atoms with van der Waals surface area (Å²) in [5, 5.41) is 12.8. The molecular formula is C31H27F6N3O3. The average molecular weight is 604 g/mol. The molecule has 2 heterocycles. The van der Waals surface area contributed by atoms with E-state index < -0.39 is 35.6 Å². The number of carboxylic acid groups (broad SMARTS) is 1. The number of rotatable bonds is 7. The van der Waals surface area contributed by atoms with Crippen molar-refractivity contribution in [1.29, 1.82) is 0 Å². The van der Waals surface area contributed by atoms with E-state index in [0.717, 1.165) is 16.7 Å². The van der Waals surface area contributed by atoms with Crippen molar-refractivity contribution in [2.75, 3.05) is 0 Å². The number of carbonyl (C=O) groups is 1. The van der Waals surface area contributed by atoms with Crippen molar-refractivity contribution < 1.29 is 41.0 Å². The molecule has 1 saturated carbocycles. The Hall–Kier alpha value is -4.35. The number of carboxylic acids is 1. The van der Waals surface area contributed by atoms with E-state index in [4.69, 9.17) is 4.74 Å². The number of nitrogens with zero attached hydrogens (tertiary/aromatic N) is 3. The molecule has 1 aliphatic carbocycles. The zero-order chi connectivity index (χ0) is 30.9. The molecule has 1 aliphatic rings. The topological polar surface area (TPSA) is 77.2 Å². The van der Waals surface area contributed by atoms with Crippen molar-refractivity contribution in [2.45, 2.75) is 57.5 Å². The van der Waals surface area contributed by atoms with Gasteiger partial charge in [-0.3, -0.25) is 0 Å². The first-order valence-electron chi connectivity index (χ1n) is 13.6. The molecule has 43 heavy (non-hydrogen) atoms. The van der Waals surface area contributed by atoms with Crippen LogP contribution in [-0.4, -0.2) is 32.0 Å². The van der Waals surface area contributed by atoms with Crippen LogP contribution in [0.3, 0.4) is 0 Å². The summed E-state index contributed by atoms with van der Waals surface area (Å²) in [6, 6.07) is 17.7. The van der Waals surface area contributed by atoms with Crippen LogP contribution in [0.5, 0.6) is 5.75 Å². The SMILES string of the molecule is Cc1ccc(OCc2ccc(C3CCC(C(F)(F)F)CC3)cc2)c(-c2cccc(-n3nc(C(=O)O)cc3C(F)(F)F)n2)c1. The molecule has 0 bridgehead atoms. The van der Waals surface area contributed by atoms with Gasteiger partial charge >= 0.3 is 18.3 Å². The molecule has 12 heteroatoms. The van der Waals surface area contributed by atoms with Gasteiger partial charge in [0, 0.05) is 11.6 Å². The van der Waals surface area contributed by atoms with E-state index in [1.165, 1.54) is 12.1 Å². The summed E-state index contributed by atoms with van der Waals surface area (Å²) >= 11 is 0. The molecule has 0 aliphatic heterocycles. The van der Waals surface area contributed by atoms with Crippen molar-refractivity contribution in [3.63, 3.8) is 0 Å². The number of aromatic carboxylic acids is 1. The van der Waals surface area contributed by atoms with Gasteiger partial charge in [-0.05, 0) is 73.9 Å². The Labute approximate surface area is 243 Å². The van der Waals surface area contributed by atoms with Crippen molar-refractivity contribution in [1.82, 2.24) is 14.8 Å². The van der Waals surface area contributed by atoms with E-state index in [2.05, 4.69) is 10.1 Å². The third kappa shape index (κ3) is 6.84. The summed E-state index contributed by atoms with van der Waals surface area (Å²) in [4.78, 5) is 15.7. The lowest BCUT2D eigenvalue weighted by Gasteiger charge is -2.30. The number of pyridine rings is 1. The number of aryl methyl sites for hydroxylation is 1. The molecule has 4 aromatic rings. The van der Waals surface area contributed by atoms with Crippen molar-refractivity contribution in [2.24, 2.45) is 5.92 Å². The fourth-order valence-electron chi connectivity index (χ4n) is 5.32. The summed E-state index contributed by atoms with van der Waals surface area (Å²) in [7, 11) is 0. The molecule has 6 nitrogen and oxygen atoms in total. The largest absolute Gasteiger partial charge is 0.488 e. The average Bonchev–Trinajstić information content (AvgIpc) is 3.44. The number of alkyl halides is 6. The second-order valence-corrected chi connectivity index (χ2v) is 10.6. The van der Waals surface area contributed by atoms with E-state index in [9.17, 15) is 36.2 Å². The molecule has 0 amide bonds. The van der Waals surface area contributed by atoms with Crippen LogP contribution >= 0.6 is 0 Å². The molecule has 0 atom stereocenters. The number of hydrogen-bond acceptors (Lipinski definition) is 4. The van der Waals surface area contributed by atoms with Crippen LogP contribution < -0.4 is 4.74 Å². The van der Waals surface area contributed by atoms with Crippen LogP contribution in [0.15, 0.2) is 66.7 Å². The lowest BCUT2D eigenvalue weighted by atomic mass is 9.78. The summed E-state index contributed by atoms with van der Waals surface area (Å²) in [6.45, 7) is 2.00. The van der Waals surface area contributed by atoms with Crippen molar-refractivity contribution >= 4 is 5.97 Å². The van der Waals surface area contributed by atoms with Crippen LogP contribution in [0.1, 0.15) is 64.5 Å². The first-order chi connectivity index (χ1) is 20.3. The Morgan fingerprint density at radius 3 is 2.28 bits per heavy atom. The second-order valence-electron chi connectivity index (χ2n) is 10.6. The van der Waals surface area contributed by atoms with Crippen LogP contribution in [0.25, 0.3) is 17.1 Å². The van der Waals surface area contributed by atoms with Gasteiger partial charge < -0.3 is 9.84 Å². The smallest absolute Gasteiger partial charge is 0.433 e. The first-order valence-corrected chi connectivity index (χ1v) is 13.6. The van der Waals surface area contributed by atoms with Gasteiger partial charge in [0.2, 0.25) is 0 Å². The minimum atomic E-state index is -4.87. The number of ether oxygens (including phenoxy) is 1. The maximum Gasteiger partial charge on any atom is 0.433 e. The normalized spacial score (nSPS) is 17.6. The lowest BCUT2D eigenvalue weighted by molar-refractivity contribution is -0.182. The minimum Gasteiger partial charge on any atom is -0.488 e. The molecule has 5 rings (SSSR count). The van der Waals surface area contributed by atoms with Gasteiger partial charge in [0.05, 0.1) is 11.6 Å². The highest BCUT2D eigenvalue weighted by molar-refractivity contribution is 5.85. The molecule has 1 fully saturated rings. The molecule has 2 aromatic carbocycles. The highest BCUT2D eigenvalue weighted by atomic mass is 19.4. The van der Waals surface area contributed by atoms with Crippen LogP contribution in [0.4, 0.5) is 26.3 Å². The Bertz CT molecular complexity index is 1600. The molecule has 0 unspecified atom stereocenters. The van der Waals surface area contributed by atoms with E-state index in [1.807, 2.05) is 37.3 Å². The molecule has 0 radical (unpaired) electrons. The Balaban J connectivity index is 1.34. The van der Waals surface area contributed by atoms with Gasteiger partial charge in [-0.15, -0.1) is 0 Å².